The lowest BCUT2D eigenvalue weighted by Crippen LogP contribution is -2.40. The van der Waals surface area contributed by atoms with Gasteiger partial charge in [0.25, 0.3) is 5.22 Å². The van der Waals surface area contributed by atoms with Crippen molar-refractivity contribution in [1.82, 2.24) is 9.29 Å². The van der Waals surface area contributed by atoms with Crippen LogP contribution in [0.5, 0.6) is 0 Å². The fraction of sp³-hybridized carbons (Fsp3) is 0.364. The van der Waals surface area contributed by atoms with Crippen LogP contribution in [0.15, 0.2) is 57.0 Å². The second-order valence-electron chi connectivity index (χ2n) is 7.75. The fourth-order valence-electron chi connectivity index (χ4n) is 4.02. The topological polar surface area (TPSA) is 93.0 Å². The molecule has 1 fully saturated rings. The zero-order chi connectivity index (χ0) is 22.3. The molecule has 0 bridgehead atoms. The van der Waals surface area contributed by atoms with Gasteiger partial charge in [-0.25, -0.2) is 13.4 Å². The number of hydrogen-bond acceptors (Lipinski definition) is 7. The summed E-state index contributed by atoms with van der Waals surface area (Å²) in [5, 5.41) is -0.0555. The average Bonchev–Trinajstić information content (AvgIpc) is 3.42. The lowest BCUT2D eigenvalue weighted by Gasteiger charge is -2.25. The quantitative estimate of drug-likeness (QED) is 0.526. The summed E-state index contributed by atoms with van der Waals surface area (Å²) < 4.78 is 38.3. The number of rotatable bonds is 5. The summed E-state index contributed by atoms with van der Waals surface area (Å²) in [6.07, 6.45) is 0.850. The van der Waals surface area contributed by atoms with Crippen LogP contribution < -0.4 is 4.90 Å². The summed E-state index contributed by atoms with van der Waals surface area (Å²) in [6.45, 7) is 3.94. The third-order valence-electron chi connectivity index (χ3n) is 5.73. The molecule has 1 aromatic heterocycles. The molecular weight excluding hydrogens is 450 g/mol. The van der Waals surface area contributed by atoms with Crippen molar-refractivity contribution in [3.63, 3.8) is 0 Å². The van der Waals surface area contributed by atoms with Crippen molar-refractivity contribution in [2.45, 2.75) is 28.7 Å². The summed E-state index contributed by atoms with van der Waals surface area (Å²) >= 11 is 1.23. The van der Waals surface area contributed by atoms with Gasteiger partial charge in [-0.1, -0.05) is 30.0 Å². The number of benzene rings is 2. The molecule has 1 amide bonds. The first kappa shape index (κ1) is 21.4. The van der Waals surface area contributed by atoms with Crippen molar-refractivity contribution >= 4 is 44.5 Å². The van der Waals surface area contributed by atoms with Crippen molar-refractivity contribution in [2.24, 2.45) is 0 Å². The Labute approximate surface area is 190 Å². The maximum absolute atomic E-state index is 13.0. The smallest absolute Gasteiger partial charge is 0.257 e. The first-order valence-electron chi connectivity index (χ1n) is 10.5. The van der Waals surface area contributed by atoms with Gasteiger partial charge < -0.3 is 14.1 Å². The Kier molecular flexibility index (Phi) is 5.70. The summed E-state index contributed by atoms with van der Waals surface area (Å²) in [6, 6.07) is 12.6. The van der Waals surface area contributed by atoms with Gasteiger partial charge in [0.1, 0.15) is 5.52 Å². The van der Waals surface area contributed by atoms with E-state index >= 15 is 0 Å². The Morgan fingerprint density at radius 2 is 1.91 bits per heavy atom. The molecule has 0 N–H and O–H groups in total. The molecule has 32 heavy (non-hydrogen) atoms. The van der Waals surface area contributed by atoms with Crippen LogP contribution in [-0.2, 0) is 26.0 Å². The molecule has 3 heterocycles. The summed E-state index contributed by atoms with van der Waals surface area (Å²) in [5.41, 5.74) is 3.07. The molecule has 3 aromatic rings. The molecule has 0 radical (unpaired) electrons. The van der Waals surface area contributed by atoms with Crippen LogP contribution in [0.4, 0.5) is 5.69 Å². The number of anilines is 1. The van der Waals surface area contributed by atoms with Crippen LogP contribution in [0.25, 0.3) is 11.1 Å². The first-order valence-corrected chi connectivity index (χ1v) is 12.8. The third kappa shape index (κ3) is 3.92. The molecule has 2 aromatic carbocycles. The Bertz CT molecular complexity index is 1270. The van der Waals surface area contributed by atoms with Crippen LogP contribution in [0.3, 0.4) is 0 Å². The number of aromatic nitrogens is 1. The minimum atomic E-state index is -3.62. The predicted molar refractivity (Wildman–Crippen MR) is 121 cm³/mol. The van der Waals surface area contributed by atoms with Crippen molar-refractivity contribution in [3.05, 3.63) is 48.0 Å². The van der Waals surface area contributed by atoms with E-state index in [0.717, 1.165) is 12.1 Å². The number of para-hydroxylation sites is 1. The highest BCUT2D eigenvalue weighted by Gasteiger charge is 2.30. The van der Waals surface area contributed by atoms with Crippen LogP contribution in [0.1, 0.15) is 12.5 Å². The molecule has 0 saturated carbocycles. The summed E-state index contributed by atoms with van der Waals surface area (Å²) in [5.74, 6) is -0.00205. The minimum Gasteiger partial charge on any atom is -0.431 e. The zero-order valence-corrected chi connectivity index (χ0v) is 19.2. The number of oxazole rings is 1. The number of thioether (sulfide) groups is 1. The molecule has 1 saturated heterocycles. The number of nitrogens with zero attached hydrogens (tertiary/aromatic N) is 3. The molecule has 2 aliphatic heterocycles. The SMILES string of the molecule is C[C@@H](Sc1nc2cc(S(=O)(=O)N3CCOCC3)ccc2o1)C(=O)N1CCc2ccccc21. The number of carbonyl (C=O) groups is 1. The molecule has 2 aliphatic rings. The van der Waals surface area contributed by atoms with Gasteiger partial charge in [0, 0.05) is 25.3 Å². The molecular formula is C22H23N3O5S2. The van der Waals surface area contributed by atoms with E-state index in [0.29, 0.717) is 49.2 Å². The van der Waals surface area contributed by atoms with E-state index in [-0.39, 0.29) is 10.8 Å². The van der Waals surface area contributed by atoms with E-state index in [1.807, 2.05) is 36.1 Å². The monoisotopic (exact) mass is 473 g/mol. The highest BCUT2D eigenvalue weighted by atomic mass is 32.2. The first-order chi connectivity index (χ1) is 15.4. The van der Waals surface area contributed by atoms with Crippen molar-refractivity contribution < 1.29 is 22.4 Å². The molecule has 0 spiro atoms. The Balaban J connectivity index is 1.34. The van der Waals surface area contributed by atoms with Gasteiger partial charge in [-0.3, -0.25) is 4.79 Å². The normalized spacial score (nSPS) is 18.1. The average molecular weight is 474 g/mol. The summed E-state index contributed by atoms with van der Waals surface area (Å²) in [4.78, 5) is 19.5. The molecule has 5 rings (SSSR count). The van der Waals surface area contributed by atoms with Crippen molar-refractivity contribution in [3.8, 4) is 0 Å². The Morgan fingerprint density at radius 1 is 1.12 bits per heavy atom. The van der Waals surface area contributed by atoms with E-state index in [1.54, 1.807) is 6.07 Å². The van der Waals surface area contributed by atoms with E-state index < -0.39 is 15.3 Å². The maximum atomic E-state index is 13.0. The van der Waals surface area contributed by atoms with E-state index in [4.69, 9.17) is 9.15 Å². The van der Waals surface area contributed by atoms with Gasteiger partial charge in [-0.15, -0.1) is 0 Å². The van der Waals surface area contributed by atoms with E-state index in [1.165, 1.54) is 33.8 Å². The molecule has 10 heteroatoms. The summed E-state index contributed by atoms with van der Waals surface area (Å²) in [7, 11) is -3.62. The Morgan fingerprint density at radius 3 is 2.72 bits per heavy atom. The third-order valence-corrected chi connectivity index (χ3v) is 8.55. The minimum absolute atomic E-state index is 0.00205. The zero-order valence-electron chi connectivity index (χ0n) is 17.6. The van der Waals surface area contributed by atoms with Gasteiger partial charge in [0.15, 0.2) is 5.58 Å². The number of amides is 1. The number of morpholine rings is 1. The number of carbonyl (C=O) groups excluding carboxylic acids is 1. The van der Waals surface area contributed by atoms with Crippen molar-refractivity contribution in [2.75, 3.05) is 37.7 Å². The van der Waals surface area contributed by atoms with Crippen molar-refractivity contribution in [1.29, 1.82) is 0 Å². The lowest BCUT2D eigenvalue weighted by molar-refractivity contribution is -0.117. The predicted octanol–water partition coefficient (Wildman–Crippen LogP) is 2.92. The number of fused-ring (bicyclic) bond motifs is 2. The Hall–Kier alpha value is -2.40. The van der Waals surface area contributed by atoms with E-state index in [9.17, 15) is 13.2 Å². The highest BCUT2D eigenvalue weighted by Crippen LogP contribution is 2.33. The largest absolute Gasteiger partial charge is 0.431 e. The van der Waals surface area contributed by atoms with Gasteiger partial charge in [-0.2, -0.15) is 4.31 Å². The number of ether oxygens (including phenoxy) is 1. The van der Waals surface area contributed by atoms with Gasteiger partial charge in [0.2, 0.25) is 15.9 Å². The van der Waals surface area contributed by atoms with Crippen LogP contribution in [0.2, 0.25) is 0 Å². The lowest BCUT2D eigenvalue weighted by atomic mass is 10.2. The van der Waals surface area contributed by atoms with Crippen LogP contribution >= 0.6 is 11.8 Å². The van der Waals surface area contributed by atoms with Crippen LogP contribution in [0, 0.1) is 0 Å². The molecule has 8 nitrogen and oxygen atoms in total. The number of hydrogen-bond donors (Lipinski definition) is 0. The number of sulfonamides is 1. The van der Waals surface area contributed by atoms with Gasteiger partial charge in [0.05, 0.1) is 23.4 Å². The second-order valence-corrected chi connectivity index (χ2v) is 11.0. The molecule has 0 unspecified atom stereocenters. The van der Waals surface area contributed by atoms with E-state index in [2.05, 4.69) is 4.98 Å². The second kappa shape index (κ2) is 8.51. The molecule has 1 atom stereocenters. The standard InChI is InChI=1S/C22H23N3O5S2/c1-15(21(26)25-9-8-16-4-2-3-5-19(16)25)31-22-23-18-14-17(6-7-20(18)30-22)32(27,28)24-10-12-29-13-11-24/h2-7,14-15H,8-13H2,1H3/t15-/m1/s1. The van der Waals surface area contributed by atoms with Gasteiger partial charge in [-0.05, 0) is 43.2 Å². The molecule has 0 aliphatic carbocycles. The van der Waals surface area contributed by atoms with Gasteiger partial charge >= 0.3 is 0 Å². The van der Waals surface area contributed by atoms with Crippen LogP contribution in [-0.4, -0.2) is 61.7 Å². The maximum Gasteiger partial charge on any atom is 0.257 e. The molecule has 168 valence electrons. The fourth-order valence-corrected chi connectivity index (χ4v) is 6.27. The highest BCUT2D eigenvalue weighted by molar-refractivity contribution is 8.00.